The Morgan fingerprint density at radius 2 is 2.42 bits per heavy atom. The van der Waals surface area contributed by atoms with Gasteiger partial charge in [0.05, 0.1) is 0 Å². The monoisotopic (exact) mass is 165 g/mol. The molecule has 66 valence electrons. The molecule has 0 atom stereocenters. The minimum absolute atomic E-state index is 0.909. The molecule has 12 heavy (non-hydrogen) atoms. The van der Waals surface area contributed by atoms with Crippen molar-refractivity contribution in [1.82, 2.24) is 15.4 Å². The maximum Gasteiger partial charge on any atom is 0.105 e. The molecule has 0 unspecified atom stereocenters. The molecule has 0 aliphatic heterocycles. The Hall–Kier alpha value is -1.12. The maximum atomic E-state index is 3.84. The lowest BCUT2D eigenvalue weighted by molar-refractivity contribution is 0.730. The quantitative estimate of drug-likeness (QED) is 0.681. The van der Waals surface area contributed by atoms with Crippen LogP contribution in [0.1, 0.15) is 38.3 Å². The van der Waals surface area contributed by atoms with Crippen LogP contribution in [0.5, 0.6) is 0 Å². The van der Waals surface area contributed by atoms with Gasteiger partial charge in [-0.3, -0.25) is 5.10 Å². The second-order valence-corrected chi connectivity index (χ2v) is 2.80. The zero-order valence-electron chi connectivity index (χ0n) is 7.45. The lowest BCUT2D eigenvalue weighted by Crippen LogP contribution is -1.73. The topological polar surface area (TPSA) is 41.6 Å². The Labute approximate surface area is 72.9 Å². The van der Waals surface area contributed by atoms with Crippen LogP contribution in [0.15, 0.2) is 12.3 Å². The Kier molecular flexibility index (Phi) is 4.13. The summed E-state index contributed by atoms with van der Waals surface area (Å²) in [6.07, 6.45) is 10.9. The van der Waals surface area contributed by atoms with Crippen molar-refractivity contribution in [3.8, 4) is 0 Å². The number of rotatable bonds is 5. The van der Waals surface area contributed by atoms with Crippen molar-refractivity contribution in [1.29, 1.82) is 0 Å². The average molecular weight is 165 g/mol. The van der Waals surface area contributed by atoms with Crippen molar-refractivity contribution in [2.24, 2.45) is 0 Å². The molecule has 0 amide bonds. The normalized spacial score (nSPS) is 11.1. The number of hydrogen-bond acceptors (Lipinski definition) is 2. The van der Waals surface area contributed by atoms with Crippen molar-refractivity contribution >= 4 is 6.08 Å². The van der Waals surface area contributed by atoms with Crippen LogP contribution in [-0.2, 0) is 0 Å². The van der Waals surface area contributed by atoms with Crippen LogP contribution < -0.4 is 0 Å². The van der Waals surface area contributed by atoms with Crippen LogP contribution in [0, 0.1) is 0 Å². The number of H-pyrrole nitrogens is 1. The van der Waals surface area contributed by atoms with Gasteiger partial charge in [-0.15, -0.1) is 5.10 Å². The van der Waals surface area contributed by atoms with Gasteiger partial charge in [-0.1, -0.05) is 31.1 Å². The van der Waals surface area contributed by atoms with Crippen molar-refractivity contribution in [2.45, 2.75) is 32.6 Å². The Morgan fingerprint density at radius 3 is 3.08 bits per heavy atom. The van der Waals surface area contributed by atoms with Crippen molar-refractivity contribution in [3.63, 3.8) is 0 Å². The third kappa shape index (κ3) is 3.32. The van der Waals surface area contributed by atoms with Gasteiger partial charge in [0.2, 0.25) is 0 Å². The highest BCUT2D eigenvalue weighted by atomic mass is 15.3. The zero-order valence-corrected chi connectivity index (χ0v) is 7.45. The van der Waals surface area contributed by atoms with Gasteiger partial charge in [0.15, 0.2) is 0 Å². The second-order valence-electron chi connectivity index (χ2n) is 2.80. The molecule has 3 heteroatoms. The van der Waals surface area contributed by atoms with Crippen LogP contribution >= 0.6 is 0 Å². The van der Waals surface area contributed by atoms with Crippen molar-refractivity contribution in [3.05, 3.63) is 18.0 Å². The summed E-state index contributed by atoms with van der Waals surface area (Å²) in [5, 5.41) is 10.1. The van der Waals surface area contributed by atoms with Crippen LogP contribution in [0.25, 0.3) is 6.08 Å². The number of aromatic nitrogens is 3. The molecule has 0 radical (unpaired) electrons. The minimum Gasteiger partial charge on any atom is -0.265 e. The van der Waals surface area contributed by atoms with E-state index in [0.717, 1.165) is 12.1 Å². The predicted octanol–water partition coefficient (Wildman–Crippen LogP) is 2.40. The minimum atomic E-state index is 0.909. The molecule has 0 fully saturated rings. The highest BCUT2D eigenvalue weighted by Gasteiger charge is 1.86. The summed E-state index contributed by atoms with van der Waals surface area (Å²) < 4.78 is 0. The van der Waals surface area contributed by atoms with Crippen LogP contribution in [0.3, 0.4) is 0 Å². The smallest absolute Gasteiger partial charge is 0.105 e. The number of unbranched alkanes of at least 4 members (excludes halogenated alkanes) is 3. The molecule has 0 aliphatic carbocycles. The highest BCUT2D eigenvalue weighted by molar-refractivity contribution is 5.41. The third-order valence-electron chi connectivity index (χ3n) is 1.70. The van der Waals surface area contributed by atoms with E-state index in [1.807, 2.05) is 6.08 Å². The predicted molar refractivity (Wildman–Crippen MR) is 49.6 cm³/mol. The Morgan fingerprint density at radius 1 is 1.50 bits per heavy atom. The molecule has 0 saturated carbocycles. The lowest BCUT2D eigenvalue weighted by atomic mass is 10.2. The summed E-state index contributed by atoms with van der Waals surface area (Å²) >= 11 is 0. The van der Waals surface area contributed by atoms with Gasteiger partial charge in [0.25, 0.3) is 0 Å². The number of nitrogens with zero attached hydrogens (tertiary/aromatic N) is 2. The van der Waals surface area contributed by atoms with Crippen LogP contribution in [-0.4, -0.2) is 15.4 Å². The standard InChI is InChI=1S/C9H15N3/c1-2-3-4-5-6-7-9-8-10-12-11-9/h6-8H,2-5H2,1H3,(H,10,11,12)/b7-6+. The first-order valence-corrected chi connectivity index (χ1v) is 4.46. The number of nitrogens with one attached hydrogen (secondary N) is 1. The van der Waals surface area contributed by atoms with E-state index >= 15 is 0 Å². The summed E-state index contributed by atoms with van der Waals surface area (Å²) in [6.45, 7) is 2.21. The summed E-state index contributed by atoms with van der Waals surface area (Å²) in [4.78, 5) is 0. The molecule has 1 heterocycles. The van der Waals surface area contributed by atoms with E-state index in [-0.39, 0.29) is 0 Å². The molecule has 0 saturated heterocycles. The lowest BCUT2D eigenvalue weighted by Gasteiger charge is -1.89. The third-order valence-corrected chi connectivity index (χ3v) is 1.70. The van der Waals surface area contributed by atoms with Gasteiger partial charge in [0.1, 0.15) is 5.69 Å². The van der Waals surface area contributed by atoms with Gasteiger partial charge < -0.3 is 0 Å². The largest absolute Gasteiger partial charge is 0.265 e. The number of aromatic amines is 1. The van der Waals surface area contributed by atoms with E-state index in [2.05, 4.69) is 28.4 Å². The molecule has 1 N–H and O–H groups in total. The fourth-order valence-electron chi connectivity index (χ4n) is 1.01. The molecule has 0 spiro atoms. The van der Waals surface area contributed by atoms with E-state index in [0.29, 0.717) is 0 Å². The molecule has 0 aromatic carbocycles. The molecule has 1 rings (SSSR count). The van der Waals surface area contributed by atoms with Crippen molar-refractivity contribution < 1.29 is 0 Å². The van der Waals surface area contributed by atoms with Gasteiger partial charge in [-0.25, -0.2) is 0 Å². The molecule has 0 aliphatic rings. The van der Waals surface area contributed by atoms with E-state index in [4.69, 9.17) is 0 Å². The average Bonchev–Trinajstić information content (AvgIpc) is 2.57. The van der Waals surface area contributed by atoms with Gasteiger partial charge >= 0.3 is 0 Å². The molecular weight excluding hydrogens is 150 g/mol. The second kappa shape index (κ2) is 5.52. The molecule has 3 nitrogen and oxygen atoms in total. The van der Waals surface area contributed by atoms with Crippen LogP contribution in [0.4, 0.5) is 0 Å². The van der Waals surface area contributed by atoms with E-state index < -0.39 is 0 Å². The first-order chi connectivity index (χ1) is 5.93. The maximum absolute atomic E-state index is 3.84. The SMILES string of the molecule is CCCCC/C=C/c1c[nH]nn1. The highest BCUT2D eigenvalue weighted by Crippen LogP contribution is 2.01. The first-order valence-electron chi connectivity index (χ1n) is 4.46. The van der Waals surface area contributed by atoms with Gasteiger partial charge in [-0.2, -0.15) is 0 Å². The van der Waals surface area contributed by atoms with Gasteiger partial charge in [0, 0.05) is 6.20 Å². The molecule has 0 bridgehead atoms. The fourth-order valence-corrected chi connectivity index (χ4v) is 1.01. The Balaban J connectivity index is 2.14. The fraction of sp³-hybridized carbons (Fsp3) is 0.556. The molecule has 1 aromatic heterocycles. The summed E-state index contributed by atoms with van der Waals surface area (Å²) in [5.74, 6) is 0. The molecular formula is C9H15N3. The van der Waals surface area contributed by atoms with Gasteiger partial charge in [-0.05, 0) is 18.9 Å². The number of allylic oxidation sites excluding steroid dienone is 1. The van der Waals surface area contributed by atoms with E-state index in [1.165, 1.54) is 19.3 Å². The first kappa shape index (κ1) is 8.97. The zero-order chi connectivity index (χ0) is 8.65. The van der Waals surface area contributed by atoms with Crippen LogP contribution in [0.2, 0.25) is 0 Å². The van der Waals surface area contributed by atoms with Crippen molar-refractivity contribution in [2.75, 3.05) is 0 Å². The summed E-state index contributed by atoms with van der Waals surface area (Å²) in [5.41, 5.74) is 0.909. The Bertz CT molecular complexity index is 214. The van der Waals surface area contributed by atoms with E-state index in [1.54, 1.807) is 6.20 Å². The summed E-state index contributed by atoms with van der Waals surface area (Å²) in [7, 11) is 0. The van der Waals surface area contributed by atoms with E-state index in [9.17, 15) is 0 Å². The summed E-state index contributed by atoms with van der Waals surface area (Å²) in [6, 6.07) is 0. The molecule has 1 aromatic rings. The number of hydrogen-bond donors (Lipinski definition) is 1.